The van der Waals surface area contributed by atoms with Crippen molar-refractivity contribution >= 4 is 17.5 Å². The van der Waals surface area contributed by atoms with E-state index in [-0.39, 0.29) is 17.9 Å². The number of fused-ring (bicyclic) bond motifs is 1. The van der Waals surface area contributed by atoms with Crippen LogP contribution in [0.4, 0.5) is 5.69 Å². The summed E-state index contributed by atoms with van der Waals surface area (Å²) in [5.41, 5.74) is 9.65. The summed E-state index contributed by atoms with van der Waals surface area (Å²) in [7, 11) is 0. The Bertz CT molecular complexity index is 862. The molecular weight excluding hydrogens is 344 g/mol. The summed E-state index contributed by atoms with van der Waals surface area (Å²) in [6.45, 7) is 3.04. The molecular formula is C19H24N6O2. The first-order valence-electron chi connectivity index (χ1n) is 9.32. The van der Waals surface area contributed by atoms with Crippen molar-refractivity contribution in [3.05, 3.63) is 46.8 Å². The molecule has 2 amide bonds. The number of anilines is 1. The van der Waals surface area contributed by atoms with Crippen LogP contribution in [0.1, 0.15) is 40.2 Å². The molecule has 5 N–H and O–H groups in total. The van der Waals surface area contributed by atoms with Crippen molar-refractivity contribution in [1.29, 1.82) is 0 Å². The molecule has 0 spiro atoms. The van der Waals surface area contributed by atoms with Gasteiger partial charge < -0.3 is 16.4 Å². The molecule has 8 heteroatoms. The van der Waals surface area contributed by atoms with Gasteiger partial charge in [0.2, 0.25) is 5.91 Å². The van der Waals surface area contributed by atoms with Gasteiger partial charge in [-0.2, -0.15) is 5.10 Å². The van der Waals surface area contributed by atoms with Gasteiger partial charge in [0.25, 0.3) is 5.91 Å². The third-order valence-electron chi connectivity index (χ3n) is 5.28. The van der Waals surface area contributed by atoms with E-state index in [0.717, 1.165) is 49.2 Å². The summed E-state index contributed by atoms with van der Waals surface area (Å²) in [5.74, 6) is -0.488. The van der Waals surface area contributed by atoms with Gasteiger partial charge in [0.05, 0.1) is 6.04 Å². The highest BCUT2D eigenvalue weighted by Gasteiger charge is 2.28. The summed E-state index contributed by atoms with van der Waals surface area (Å²) >= 11 is 0. The van der Waals surface area contributed by atoms with E-state index in [0.29, 0.717) is 24.5 Å². The van der Waals surface area contributed by atoms with Crippen molar-refractivity contribution in [2.75, 3.05) is 18.4 Å². The molecule has 27 heavy (non-hydrogen) atoms. The minimum Gasteiger partial charge on any atom is -0.368 e. The molecule has 8 nitrogen and oxygen atoms in total. The van der Waals surface area contributed by atoms with Crippen LogP contribution >= 0.6 is 0 Å². The number of nitrogens with one attached hydrogen (secondary N) is 3. The number of rotatable bonds is 5. The molecule has 1 unspecified atom stereocenters. The third-order valence-corrected chi connectivity index (χ3v) is 5.28. The summed E-state index contributed by atoms with van der Waals surface area (Å²) in [6.07, 6.45) is 2.63. The SMILES string of the molecule is NC(=O)C1CCCN1Cc1cccc(NC(=O)c2n[nH]c3c2CNCC3)c1. The smallest absolute Gasteiger partial charge is 0.276 e. The van der Waals surface area contributed by atoms with E-state index in [2.05, 4.69) is 25.7 Å². The molecule has 2 aliphatic rings. The maximum atomic E-state index is 12.7. The van der Waals surface area contributed by atoms with E-state index >= 15 is 0 Å². The van der Waals surface area contributed by atoms with E-state index in [1.807, 2.05) is 24.3 Å². The van der Waals surface area contributed by atoms with Crippen LogP contribution in [-0.4, -0.2) is 46.0 Å². The molecule has 142 valence electrons. The minimum atomic E-state index is -0.270. The number of hydrogen-bond donors (Lipinski definition) is 4. The quantitative estimate of drug-likeness (QED) is 0.622. The number of aromatic amines is 1. The molecule has 0 aliphatic carbocycles. The predicted molar refractivity (Wildman–Crippen MR) is 101 cm³/mol. The number of carbonyl (C=O) groups excluding carboxylic acids is 2. The number of carbonyl (C=O) groups is 2. The second-order valence-electron chi connectivity index (χ2n) is 7.14. The number of H-pyrrole nitrogens is 1. The number of amides is 2. The first-order chi connectivity index (χ1) is 13.1. The van der Waals surface area contributed by atoms with Gasteiger partial charge in [0.15, 0.2) is 5.69 Å². The highest BCUT2D eigenvalue weighted by Crippen LogP contribution is 2.22. The second kappa shape index (κ2) is 7.50. The predicted octanol–water partition coefficient (Wildman–Crippen LogP) is 0.757. The van der Waals surface area contributed by atoms with Gasteiger partial charge in [-0.05, 0) is 37.1 Å². The molecule has 0 bridgehead atoms. The highest BCUT2D eigenvalue weighted by molar-refractivity contribution is 6.04. The maximum absolute atomic E-state index is 12.7. The van der Waals surface area contributed by atoms with Crippen molar-refractivity contribution in [2.45, 2.75) is 38.4 Å². The largest absolute Gasteiger partial charge is 0.368 e. The van der Waals surface area contributed by atoms with Crippen molar-refractivity contribution in [3.8, 4) is 0 Å². The normalized spacial score (nSPS) is 19.6. The lowest BCUT2D eigenvalue weighted by Gasteiger charge is -2.22. The molecule has 1 aromatic heterocycles. The molecule has 2 aromatic rings. The average molecular weight is 368 g/mol. The number of likely N-dealkylation sites (tertiary alicyclic amines) is 1. The first-order valence-corrected chi connectivity index (χ1v) is 9.32. The number of nitrogens with zero attached hydrogens (tertiary/aromatic N) is 2. The van der Waals surface area contributed by atoms with E-state index in [4.69, 9.17) is 5.73 Å². The maximum Gasteiger partial charge on any atom is 0.276 e. The number of aromatic nitrogens is 2. The molecule has 4 rings (SSSR count). The fourth-order valence-electron chi connectivity index (χ4n) is 3.92. The average Bonchev–Trinajstić information content (AvgIpc) is 3.28. The third kappa shape index (κ3) is 3.72. The number of hydrogen-bond acceptors (Lipinski definition) is 5. The Hall–Kier alpha value is -2.71. The van der Waals surface area contributed by atoms with Crippen LogP contribution in [-0.2, 0) is 24.3 Å². The van der Waals surface area contributed by atoms with Gasteiger partial charge in [0.1, 0.15) is 0 Å². The molecule has 2 aliphatic heterocycles. The molecule has 1 atom stereocenters. The fourth-order valence-corrected chi connectivity index (χ4v) is 3.92. The topological polar surface area (TPSA) is 116 Å². The monoisotopic (exact) mass is 368 g/mol. The summed E-state index contributed by atoms with van der Waals surface area (Å²) in [4.78, 5) is 26.3. The van der Waals surface area contributed by atoms with Crippen molar-refractivity contribution in [1.82, 2.24) is 20.4 Å². The number of nitrogens with two attached hydrogens (primary N) is 1. The zero-order chi connectivity index (χ0) is 18.8. The Balaban J connectivity index is 1.46. The van der Waals surface area contributed by atoms with Gasteiger partial charge in [-0.1, -0.05) is 12.1 Å². The van der Waals surface area contributed by atoms with Crippen LogP contribution in [0.25, 0.3) is 0 Å². The lowest BCUT2D eigenvalue weighted by molar-refractivity contribution is -0.122. The van der Waals surface area contributed by atoms with Crippen LogP contribution in [0.2, 0.25) is 0 Å². The van der Waals surface area contributed by atoms with Crippen LogP contribution < -0.4 is 16.4 Å². The standard InChI is InChI=1S/C19H24N6O2/c20-18(26)16-5-2-8-25(16)11-12-3-1-4-13(9-12)22-19(27)17-14-10-21-7-6-15(14)23-24-17/h1,3-4,9,16,21H,2,5-8,10-11H2,(H2,20,26)(H,22,27)(H,23,24). The highest BCUT2D eigenvalue weighted by atomic mass is 16.2. The molecule has 1 fully saturated rings. The van der Waals surface area contributed by atoms with Crippen molar-refractivity contribution in [3.63, 3.8) is 0 Å². The lowest BCUT2D eigenvalue weighted by Crippen LogP contribution is -2.39. The Labute approximate surface area is 157 Å². The van der Waals surface area contributed by atoms with E-state index in [9.17, 15) is 9.59 Å². The zero-order valence-electron chi connectivity index (χ0n) is 15.1. The Morgan fingerprint density at radius 3 is 3.11 bits per heavy atom. The summed E-state index contributed by atoms with van der Waals surface area (Å²) in [6, 6.07) is 7.49. The van der Waals surface area contributed by atoms with Gasteiger partial charge in [-0.15, -0.1) is 0 Å². The van der Waals surface area contributed by atoms with Gasteiger partial charge in [-0.3, -0.25) is 19.6 Å². The van der Waals surface area contributed by atoms with E-state index in [1.54, 1.807) is 0 Å². The Morgan fingerprint density at radius 2 is 2.26 bits per heavy atom. The van der Waals surface area contributed by atoms with Crippen LogP contribution in [0.15, 0.2) is 24.3 Å². The zero-order valence-corrected chi connectivity index (χ0v) is 15.1. The van der Waals surface area contributed by atoms with Gasteiger partial charge >= 0.3 is 0 Å². The van der Waals surface area contributed by atoms with Crippen LogP contribution in [0, 0.1) is 0 Å². The Kier molecular flexibility index (Phi) is 4.91. The molecule has 0 radical (unpaired) electrons. The Morgan fingerprint density at radius 1 is 1.37 bits per heavy atom. The number of primary amides is 1. The summed E-state index contributed by atoms with van der Waals surface area (Å²) in [5, 5.41) is 13.4. The van der Waals surface area contributed by atoms with Gasteiger partial charge in [0, 0.05) is 43.0 Å². The fraction of sp³-hybridized carbons (Fsp3) is 0.421. The number of benzene rings is 1. The summed E-state index contributed by atoms with van der Waals surface area (Å²) < 4.78 is 0. The lowest BCUT2D eigenvalue weighted by atomic mass is 10.1. The van der Waals surface area contributed by atoms with Crippen LogP contribution in [0.3, 0.4) is 0 Å². The molecule has 3 heterocycles. The minimum absolute atomic E-state index is 0.202. The molecule has 0 saturated carbocycles. The second-order valence-corrected chi connectivity index (χ2v) is 7.14. The van der Waals surface area contributed by atoms with E-state index < -0.39 is 0 Å². The molecule has 1 aromatic carbocycles. The molecule has 1 saturated heterocycles. The van der Waals surface area contributed by atoms with Crippen LogP contribution in [0.5, 0.6) is 0 Å². The van der Waals surface area contributed by atoms with Crippen molar-refractivity contribution in [2.24, 2.45) is 5.73 Å². The first kappa shape index (κ1) is 17.7. The van der Waals surface area contributed by atoms with E-state index in [1.165, 1.54) is 0 Å². The van der Waals surface area contributed by atoms with Gasteiger partial charge in [-0.25, -0.2) is 0 Å². The van der Waals surface area contributed by atoms with Crippen molar-refractivity contribution < 1.29 is 9.59 Å².